The van der Waals surface area contributed by atoms with Crippen molar-refractivity contribution in [3.63, 3.8) is 0 Å². The van der Waals surface area contributed by atoms with Crippen molar-refractivity contribution in [1.29, 1.82) is 0 Å². The van der Waals surface area contributed by atoms with E-state index in [9.17, 15) is 13.2 Å². The maximum atomic E-state index is 12.0. The summed E-state index contributed by atoms with van der Waals surface area (Å²) in [7, 11) is -3.84. The van der Waals surface area contributed by atoms with Crippen molar-refractivity contribution in [2.24, 2.45) is 0 Å². The van der Waals surface area contributed by atoms with Gasteiger partial charge in [-0.3, -0.25) is 4.79 Å². The van der Waals surface area contributed by atoms with Crippen LogP contribution in [0.15, 0.2) is 45.3 Å². The van der Waals surface area contributed by atoms with Gasteiger partial charge in [-0.1, -0.05) is 25.1 Å². The molecule has 0 unspecified atom stereocenters. The van der Waals surface area contributed by atoms with Crippen molar-refractivity contribution in [3.05, 3.63) is 40.4 Å². The van der Waals surface area contributed by atoms with Gasteiger partial charge in [0.15, 0.2) is 0 Å². The van der Waals surface area contributed by atoms with Gasteiger partial charge in [0.1, 0.15) is 4.90 Å². The zero-order valence-electron chi connectivity index (χ0n) is 10.1. The smallest absolute Gasteiger partial charge is 0.265 e. The summed E-state index contributed by atoms with van der Waals surface area (Å²) in [6.45, 7) is 3.45. The standard InChI is InChI=1S/C12H14BrNO3S/c1-3-6-9(2)12(15)14-18(16,17)11-8-5-4-7-10(11)13/h4-8H,3H2,1-2H3,(H,14,15). The number of sulfonamides is 1. The molecular weight excluding hydrogens is 318 g/mol. The third-order valence-electron chi connectivity index (χ3n) is 2.22. The second kappa shape index (κ2) is 6.15. The minimum atomic E-state index is -3.84. The molecule has 0 saturated carbocycles. The summed E-state index contributed by atoms with van der Waals surface area (Å²) in [4.78, 5) is 11.7. The molecule has 1 aromatic carbocycles. The second-order valence-corrected chi connectivity index (χ2v) is 6.17. The molecule has 18 heavy (non-hydrogen) atoms. The van der Waals surface area contributed by atoms with Gasteiger partial charge in [-0.15, -0.1) is 0 Å². The van der Waals surface area contributed by atoms with Crippen molar-refractivity contribution >= 4 is 31.9 Å². The molecule has 0 saturated heterocycles. The number of hydrogen-bond donors (Lipinski definition) is 1. The molecule has 4 nitrogen and oxygen atoms in total. The maximum Gasteiger partial charge on any atom is 0.265 e. The number of carbonyl (C=O) groups excluding carboxylic acids is 1. The van der Waals surface area contributed by atoms with Crippen molar-refractivity contribution in [2.45, 2.75) is 25.2 Å². The largest absolute Gasteiger partial charge is 0.269 e. The molecule has 1 amide bonds. The van der Waals surface area contributed by atoms with Crippen molar-refractivity contribution in [1.82, 2.24) is 4.72 Å². The van der Waals surface area contributed by atoms with E-state index in [-0.39, 0.29) is 4.90 Å². The van der Waals surface area contributed by atoms with E-state index in [0.29, 0.717) is 16.5 Å². The Balaban J connectivity index is 3.01. The number of amides is 1. The van der Waals surface area contributed by atoms with E-state index in [1.165, 1.54) is 6.07 Å². The molecule has 0 atom stereocenters. The van der Waals surface area contributed by atoms with Crippen molar-refractivity contribution in [2.75, 3.05) is 0 Å². The fraction of sp³-hybridized carbons (Fsp3) is 0.250. The molecule has 0 spiro atoms. The Bertz CT molecular complexity index is 579. The van der Waals surface area contributed by atoms with Gasteiger partial charge in [-0.25, -0.2) is 13.1 Å². The highest BCUT2D eigenvalue weighted by Gasteiger charge is 2.20. The molecule has 0 aliphatic carbocycles. The van der Waals surface area contributed by atoms with E-state index in [1.54, 1.807) is 31.2 Å². The van der Waals surface area contributed by atoms with E-state index in [2.05, 4.69) is 15.9 Å². The lowest BCUT2D eigenvalue weighted by Gasteiger charge is -2.08. The zero-order chi connectivity index (χ0) is 13.8. The van der Waals surface area contributed by atoms with Gasteiger partial charge in [0.05, 0.1) is 0 Å². The SMILES string of the molecule is CCC=C(C)C(=O)NS(=O)(=O)c1ccccc1Br. The van der Waals surface area contributed by atoms with Crippen molar-refractivity contribution < 1.29 is 13.2 Å². The van der Waals surface area contributed by atoms with Crippen LogP contribution in [0.1, 0.15) is 20.3 Å². The Kier molecular flexibility index (Phi) is 5.10. The predicted octanol–water partition coefficient (Wildman–Crippen LogP) is 2.61. The summed E-state index contributed by atoms with van der Waals surface area (Å²) in [5.41, 5.74) is 0.383. The highest BCUT2D eigenvalue weighted by atomic mass is 79.9. The fourth-order valence-corrected chi connectivity index (χ4v) is 3.34. The second-order valence-electron chi connectivity index (χ2n) is 3.66. The highest BCUT2D eigenvalue weighted by molar-refractivity contribution is 9.10. The minimum absolute atomic E-state index is 0.0441. The Morgan fingerprint density at radius 3 is 2.56 bits per heavy atom. The van der Waals surface area contributed by atoms with Gasteiger partial charge in [-0.05, 0) is 41.4 Å². The minimum Gasteiger partial charge on any atom is -0.269 e. The van der Waals surface area contributed by atoms with E-state index in [0.717, 1.165) is 0 Å². The van der Waals surface area contributed by atoms with Crippen LogP contribution in [0, 0.1) is 0 Å². The van der Waals surface area contributed by atoms with Gasteiger partial charge >= 0.3 is 0 Å². The molecule has 98 valence electrons. The van der Waals surface area contributed by atoms with Gasteiger partial charge in [0, 0.05) is 10.0 Å². The first-order chi connectivity index (χ1) is 8.38. The first kappa shape index (κ1) is 14.9. The average Bonchev–Trinajstić information content (AvgIpc) is 2.29. The first-order valence-corrected chi connectivity index (χ1v) is 7.64. The number of benzene rings is 1. The van der Waals surface area contributed by atoms with Crippen LogP contribution >= 0.6 is 15.9 Å². The summed E-state index contributed by atoms with van der Waals surface area (Å²) in [6, 6.07) is 6.33. The number of halogens is 1. The zero-order valence-corrected chi connectivity index (χ0v) is 12.5. The predicted molar refractivity (Wildman–Crippen MR) is 73.5 cm³/mol. The molecule has 6 heteroatoms. The third kappa shape index (κ3) is 3.68. The molecule has 1 N–H and O–H groups in total. The lowest BCUT2D eigenvalue weighted by Crippen LogP contribution is -2.31. The molecule has 0 aliphatic heterocycles. The number of hydrogen-bond acceptors (Lipinski definition) is 3. The molecule has 0 bridgehead atoms. The normalized spacial score (nSPS) is 12.3. The summed E-state index contributed by atoms with van der Waals surface area (Å²) in [6.07, 6.45) is 2.35. The Labute approximate surface area is 115 Å². The highest BCUT2D eigenvalue weighted by Crippen LogP contribution is 2.20. The van der Waals surface area contributed by atoms with Crippen LogP contribution in [0.3, 0.4) is 0 Å². The van der Waals surface area contributed by atoms with Crippen LogP contribution in [-0.2, 0) is 14.8 Å². The van der Waals surface area contributed by atoms with Crippen molar-refractivity contribution in [3.8, 4) is 0 Å². The molecule has 0 aliphatic rings. The summed E-state index contributed by atoms with van der Waals surface area (Å²) >= 11 is 3.14. The van der Waals surface area contributed by atoms with Crippen LogP contribution in [0.25, 0.3) is 0 Å². The molecule has 0 aromatic heterocycles. The molecule has 0 heterocycles. The quantitative estimate of drug-likeness (QED) is 0.862. The van der Waals surface area contributed by atoms with E-state index < -0.39 is 15.9 Å². The Morgan fingerprint density at radius 1 is 1.39 bits per heavy atom. The summed E-state index contributed by atoms with van der Waals surface area (Å²) in [5.74, 6) is -0.604. The Hall–Kier alpha value is -1.14. The number of allylic oxidation sites excluding steroid dienone is 1. The lowest BCUT2D eigenvalue weighted by atomic mass is 10.2. The number of rotatable bonds is 4. The van der Waals surface area contributed by atoms with Gasteiger partial charge in [-0.2, -0.15) is 0 Å². The maximum absolute atomic E-state index is 12.0. The Morgan fingerprint density at radius 2 is 2.00 bits per heavy atom. The molecule has 1 rings (SSSR count). The van der Waals surface area contributed by atoms with Gasteiger partial charge in [0.25, 0.3) is 15.9 Å². The number of nitrogens with one attached hydrogen (secondary N) is 1. The third-order valence-corrected chi connectivity index (χ3v) is 4.56. The topological polar surface area (TPSA) is 63.2 Å². The van der Waals surface area contributed by atoms with E-state index >= 15 is 0 Å². The number of carbonyl (C=O) groups is 1. The summed E-state index contributed by atoms with van der Waals surface area (Å²) < 4.78 is 26.4. The van der Waals surface area contributed by atoms with Gasteiger partial charge < -0.3 is 0 Å². The molecule has 1 aromatic rings. The fourth-order valence-electron chi connectivity index (χ4n) is 1.32. The molecule has 0 radical (unpaired) electrons. The molecule has 0 fully saturated rings. The first-order valence-electron chi connectivity index (χ1n) is 5.37. The van der Waals surface area contributed by atoms with Crippen LogP contribution in [0.2, 0.25) is 0 Å². The van der Waals surface area contributed by atoms with E-state index in [1.807, 2.05) is 11.6 Å². The van der Waals surface area contributed by atoms with Crippen LogP contribution in [0.5, 0.6) is 0 Å². The van der Waals surface area contributed by atoms with Crippen LogP contribution < -0.4 is 4.72 Å². The van der Waals surface area contributed by atoms with E-state index in [4.69, 9.17) is 0 Å². The lowest BCUT2D eigenvalue weighted by molar-refractivity contribution is -0.115. The van der Waals surface area contributed by atoms with Crippen LogP contribution in [-0.4, -0.2) is 14.3 Å². The average molecular weight is 332 g/mol. The molecular formula is C12H14BrNO3S. The van der Waals surface area contributed by atoms with Crippen LogP contribution in [0.4, 0.5) is 0 Å². The van der Waals surface area contributed by atoms with Gasteiger partial charge in [0.2, 0.25) is 0 Å². The monoisotopic (exact) mass is 331 g/mol. The summed E-state index contributed by atoms with van der Waals surface area (Å²) in [5, 5.41) is 0.